The van der Waals surface area contributed by atoms with Crippen LogP contribution in [-0.4, -0.2) is 40.3 Å². The minimum absolute atomic E-state index is 0.332. The second kappa shape index (κ2) is 7.21. The monoisotopic (exact) mass is 352 g/mol. The molecule has 4 N–H and O–H groups in total. The number of nitrogens with zero attached hydrogens (tertiary/aromatic N) is 3. The molecule has 3 heterocycles. The normalized spacial score (nSPS) is 17.3. The topological polar surface area (TPSA) is 89.5 Å². The third-order valence-electron chi connectivity index (χ3n) is 4.67. The van der Waals surface area contributed by atoms with Gasteiger partial charge in [0.15, 0.2) is 11.5 Å². The smallest absolute Gasteiger partial charge is 0.177 e. The van der Waals surface area contributed by atoms with E-state index in [-0.39, 0.29) is 0 Å². The summed E-state index contributed by atoms with van der Waals surface area (Å²) >= 11 is 0. The number of ether oxygens (including phenoxy) is 1. The van der Waals surface area contributed by atoms with Crippen molar-refractivity contribution in [2.24, 2.45) is 0 Å². The highest BCUT2D eigenvalue weighted by atomic mass is 16.5. The van der Waals surface area contributed by atoms with Crippen molar-refractivity contribution in [3.63, 3.8) is 0 Å². The lowest BCUT2D eigenvalue weighted by atomic mass is 10.0. The minimum Gasteiger partial charge on any atom is -0.494 e. The van der Waals surface area contributed by atoms with Gasteiger partial charge in [0, 0.05) is 25.0 Å². The number of aromatic nitrogens is 3. The number of imidazole rings is 1. The van der Waals surface area contributed by atoms with Gasteiger partial charge in [0.25, 0.3) is 0 Å². The van der Waals surface area contributed by atoms with Crippen molar-refractivity contribution < 1.29 is 4.74 Å². The molecule has 1 atom stereocenters. The number of nitrogen functional groups attached to an aromatic ring is 1. The summed E-state index contributed by atoms with van der Waals surface area (Å²) in [6, 6.07) is 8.28. The molecule has 1 aliphatic heterocycles. The predicted molar refractivity (Wildman–Crippen MR) is 104 cm³/mol. The Morgan fingerprint density at radius 3 is 2.92 bits per heavy atom. The van der Waals surface area contributed by atoms with E-state index in [2.05, 4.69) is 15.6 Å². The predicted octanol–water partition coefficient (Wildman–Crippen LogP) is 2.54. The number of hydrogen-bond donors (Lipinski definition) is 3. The lowest BCUT2D eigenvalue weighted by Gasteiger charge is -2.25. The Morgan fingerprint density at radius 1 is 1.35 bits per heavy atom. The Hall–Kier alpha value is -2.80. The summed E-state index contributed by atoms with van der Waals surface area (Å²) < 4.78 is 7.28. The van der Waals surface area contributed by atoms with Crippen LogP contribution in [0.25, 0.3) is 16.8 Å². The second-order valence-corrected chi connectivity index (χ2v) is 6.48. The fraction of sp³-hybridized carbons (Fsp3) is 0.368. The standard InChI is InChI=1S/C19H24N6O/c1-2-26-15-7-5-13(6-8-15)16-17(20)19-22-10-11-25(19)24-18(16)23-14-4-3-9-21-12-14/h5-8,10-11,14,21H,2-4,9,12,20H2,1H3,(H,23,24)/t14-/m0/s1. The molecule has 1 saturated heterocycles. The third kappa shape index (κ3) is 3.17. The maximum absolute atomic E-state index is 6.49. The number of benzene rings is 1. The van der Waals surface area contributed by atoms with Crippen LogP contribution in [0.15, 0.2) is 36.7 Å². The van der Waals surface area contributed by atoms with E-state index in [0.717, 1.165) is 48.6 Å². The first kappa shape index (κ1) is 16.7. The van der Waals surface area contributed by atoms with E-state index in [0.29, 0.717) is 24.0 Å². The number of hydrogen-bond acceptors (Lipinski definition) is 6. The van der Waals surface area contributed by atoms with Gasteiger partial charge in [-0.1, -0.05) is 12.1 Å². The maximum atomic E-state index is 6.49. The van der Waals surface area contributed by atoms with Crippen molar-refractivity contribution in [1.29, 1.82) is 0 Å². The van der Waals surface area contributed by atoms with Gasteiger partial charge >= 0.3 is 0 Å². The highest BCUT2D eigenvalue weighted by Gasteiger charge is 2.20. The van der Waals surface area contributed by atoms with Crippen LogP contribution in [0.3, 0.4) is 0 Å². The molecular weight excluding hydrogens is 328 g/mol. The van der Waals surface area contributed by atoms with Crippen molar-refractivity contribution in [2.45, 2.75) is 25.8 Å². The Kier molecular flexibility index (Phi) is 4.62. The number of anilines is 2. The molecule has 0 unspecified atom stereocenters. The largest absolute Gasteiger partial charge is 0.494 e. The molecular formula is C19H24N6O. The van der Waals surface area contributed by atoms with E-state index in [1.807, 2.05) is 37.4 Å². The number of rotatable bonds is 5. The molecule has 26 heavy (non-hydrogen) atoms. The summed E-state index contributed by atoms with van der Waals surface area (Å²) in [5, 5.41) is 11.7. The van der Waals surface area contributed by atoms with Gasteiger partial charge in [0.05, 0.1) is 17.9 Å². The molecule has 1 aliphatic rings. The molecule has 0 aliphatic carbocycles. The summed E-state index contributed by atoms with van der Waals surface area (Å²) in [6.07, 6.45) is 5.79. The first-order chi connectivity index (χ1) is 12.8. The first-order valence-electron chi connectivity index (χ1n) is 9.09. The van der Waals surface area contributed by atoms with E-state index in [1.54, 1.807) is 10.7 Å². The fourth-order valence-corrected chi connectivity index (χ4v) is 3.41. The van der Waals surface area contributed by atoms with E-state index >= 15 is 0 Å². The first-order valence-corrected chi connectivity index (χ1v) is 9.09. The van der Waals surface area contributed by atoms with Crippen molar-refractivity contribution in [3.8, 4) is 16.9 Å². The Bertz CT molecular complexity index is 883. The lowest BCUT2D eigenvalue weighted by molar-refractivity contribution is 0.340. The van der Waals surface area contributed by atoms with Gasteiger partial charge in [-0.15, -0.1) is 5.10 Å². The number of nitrogens with two attached hydrogens (primary N) is 1. The highest BCUT2D eigenvalue weighted by Crippen LogP contribution is 2.35. The molecule has 0 saturated carbocycles. The Morgan fingerprint density at radius 2 is 2.19 bits per heavy atom. The van der Waals surface area contributed by atoms with Gasteiger partial charge in [-0.05, 0) is 44.0 Å². The summed E-state index contributed by atoms with van der Waals surface area (Å²) in [7, 11) is 0. The van der Waals surface area contributed by atoms with Gasteiger partial charge < -0.3 is 21.1 Å². The van der Waals surface area contributed by atoms with Crippen LogP contribution >= 0.6 is 0 Å². The van der Waals surface area contributed by atoms with E-state index in [1.165, 1.54) is 0 Å². The zero-order valence-electron chi connectivity index (χ0n) is 14.9. The zero-order valence-corrected chi connectivity index (χ0v) is 14.9. The molecule has 7 heteroatoms. The molecule has 2 aromatic heterocycles. The molecule has 136 valence electrons. The molecule has 4 rings (SSSR count). The van der Waals surface area contributed by atoms with Crippen LogP contribution in [0.4, 0.5) is 11.5 Å². The molecule has 3 aromatic rings. The Balaban J connectivity index is 1.77. The number of fused-ring (bicyclic) bond motifs is 1. The lowest BCUT2D eigenvalue weighted by Crippen LogP contribution is -2.38. The quantitative estimate of drug-likeness (QED) is 0.654. The maximum Gasteiger partial charge on any atom is 0.177 e. The van der Waals surface area contributed by atoms with Crippen molar-refractivity contribution >= 4 is 17.2 Å². The van der Waals surface area contributed by atoms with Crippen LogP contribution in [-0.2, 0) is 0 Å². The van der Waals surface area contributed by atoms with E-state index < -0.39 is 0 Å². The summed E-state index contributed by atoms with van der Waals surface area (Å²) in [5.41, 5.74) is 9.66. The third-order valence-corrected chi connectivity index (χ3v) is 4.67. The van der Waals surface area contributed by atoms with Gasteiger partial charge in [0.2, 0.25) is 0 Å². The molecule has 0 bridgehead atoms. The molecule has 1 aromatic carbocycles. The van der Waals surface area contributed by atoms with Gasteiger partial charge in [0.1, 0.15) is 5.75 Å². The average Bonchev–Trinajstić information content (AvgIpc) is 3.13. The van der Waals surface area contributed by atoms with Gasteiger partial charge in [-0.25, -0.2) is 9.50 Å². The molecule has 7 nitrogen and oxygen atoms in total. The molecule has 0 radical (unpaired) electrons. The van der Waals surface area contributed by atoms with Crippen LogP contribution < -0.4 is 21.1 Å². The van der Waals surface area contributed by atoms with E-state index in [4.69, 9.17) is 15.6 Å². The summed E-state index contributed by atoms with van der Waals surface area (Å²) in [6.45, 7) is 4.61. The van der Waals surface area contributed by atoms with Crippen LogP contribution in [0, 0.1) is 0 Å². The zero-order chi connectivity index (χ0) is 17.9. The average molecular weight is 352 g/mol. The minimum atomic E-state index is 0.332. The van der Waals surface area contributed by atoms with Crippen LogP contribution in [0.1, 0.15) is 19.8 Å². The van der Waals surface area contributed by atoms with Crippen molar-refractivity contribution in [2.75, 3.05) is 30.7 Å². The van der Waals surface area contributed by atoms with Gasteiger partial charge in [-0.2, -0.15) is 0 Å². The van der Waals surface area contributed by atoms with Gasteiger partial charge in [-0.3, -0.25) is 0 Å². The Labute approximate surface area is 152 Å². The fourth-order valence-electron chi connectivity index (χ4n) is 3.41. The highest BCUT2D eigenvalue weighted by molar-refractivity contribution is 5.91. The van der Waals surface area contributed by atoms with Crippen molar-refractivity contribution in [1.82, 2.24) is 19.9 Å². The van der Waals surface area contributed by atoms with Crippen LogP contribution in [0.2, 0.25) is 0 Å². The number of nitrogens with one attached hydrogen (secondary N) is 2. The summed E-state index contributed by atoms with van der Waals surface area (Å²) in [4.78, 5) is 4.35. The molecule has 0 amide bonds. The molecule has 0 spiro atoms. The summed E-state index contributed by atoms with van der Waals surface area (Å²) in [5.74, 6) is 1.63. The van der Waals surface area contributed by atoms with Crippen molar-refractivity contribution in [3.05, 3.63) is 36.7 Å². The number of piperidine rings is 1. The van der Waals surface area contributed by atoms with Crippen LogP contribution in [0.5, 0.6) is 5.75 Å². The van der Waals surface area contributed by atoms with E-state index in [9.17, 15) is 0 Å². The SMILES string of the molecule is CCOc1ccc(-c2c(N[C@H]3CCCNC3)nn3ccnc3c2N)cc1. The second-order valence-electron chi connectivity index (χ2n) is 6.48. The molecule has 1 fully saturated rings.